The van der Waals surface area contributed by atoms with E-state index >= 15 is 0 Å². The highest BCUT2D eigenvalue weighted by atomic mass is 79.9. The maximum Gasteiger partial charge on any atom is 0.257 e. The minimum atomic E-state index is -0.556. The SMILES string of the molecule is O=C(NCC1=CC=C(Cl)CC1)c1c[nH]c2c(F)cc(Br)cc2c1=O. The first-order valence-corrected chi connectivity index (χ1v) is 8.45. The molecule has 1 aromatic carbocycles. The predicted molar refractivity (Wildman–Crippen MR) is 95.8 cm³/mol. The Morgan fingerprint density at radius 1 is 1.33 bits per heavy atom. The number of amides is 1. The number of aromatic amines is 1. The molecule has 24 heavy (non-hydrogen) atoms. The summed E-state index contributed by atoms with van der Waals surface area (Å²) >= 11 is 9.04. The lowest BCUT2D eigenvalue weighted by atomic mass is 10.0. The number of hydrogen-bond acceptors (Lipinski definition) is 2. The maximum atomic E-state index is 13.9. The van der Waals surface area contributed by atoms with Crippen LogP contribution in [-0.4, -0.2) is 17.4 Å². The summed E-state index contributed by atoms with van der Waals surface area (Å²) in [7, 11) is 0. The van der Waals surface area contributed by atoms with Gasteiger partial charge in [0.05, 0.1) is 10.9 Å². The van der Waals surface area contributed by atoms with Gasteiger partial charge in [0.2, 0.25) is 5.43 Å². The molecule has 0 fully saturated rings. The van der Waals surface area contributed by atoms with Gasteiger partial charge in [-0.15, -0.1) is 0 Å². The fourth-order valence-electron chi connectivity index (χ4n) is 2.51. The molecule has 1 aromatic heterocycles. The number of fused-ring (bicyclic) bond motifs is 1. The molecule has 1 aliphatic carbocycles. The molecule has 124 valence electrons. The summed E-state index contributed by atoms with van der Waals surface area (Å²) in [6.07, 6.45) is 6.41. The van der Waals surface area contributed by atoms with Crippen LogP contribution in [0.1, 0.15) is 23.2 Å². The van der Waals surface area contributed by atoms with E-state index in [9.17, 15) is 14.0 Å². The second-order valence-electron chi connectivity index (χ2n) is 5.46. The van der Waals surface area contributed by atoms with Gasteiger partial charge in [-0.3, -0.25) is 9.59 Å². The third-order valence-corrected chi connectivity index (χ3v) is 4.58. The fourth-order valence-corrected chi connectivity index (χ4v) is 3.10. The van der Waals surface area contributed by atoms with E-state index < -0.39 is 17.2 Å². The highest BCUT2D eigenvalue weighted by Crippen LogP contribution is 2.21. The molecule has 0 bridgehead atoms. The average molecular weight is 412 g/mol. The second-order valence-corrected chi connectivity index (χ2v) is 6.86. The number of rotatable bonds is 3. The van der Waals surface area contributed by atoms with Crippen molar-refractivity contribution >= 4 is 44.3 Å². The molecule has 0 unspecified atom stereocenters. The zero-order valence-corrected chi connectivity index (χ0v) is 14.8. The summed E-state index contributed by atoms with van der Waals surface area (Å²) in [6.45, 7) is 0.337. The molecule has 1 amide bonds. The van der Waals surface area contributed by atoms with E-state index in [0.717, 1.165) is 23.4 Å². The van der Waals surface area contributed by atoms with Crippen molar-refractivity contribution in [2.75, 3.05) is 6.54 Å². The van der Waals surface area contributed by atoms with E-state index in [0.29, 0.717) is 11.0 Å². The van der Waals surface area contributed by atoms with Crippen LogP contribution in [0.2, 0.25) is 0 Å². The van der Waals surface area contributed by atoms with Gasteiger partial charge in [-0.05, 0) is 31.1 Å². The number of hydrogen-bond donors (Lipinski definition) is 2. The van der Waals surface area contributed by atoms with Gasteiger partial charge in [-0.1, -0.05) is 39.2 Å². The Morgan fingerprint density at radius 3 is 2.83 bits per heavy atom. The zero-order chi connectivity index (χ0) is 17.3. The first-order chi connectivity index (χ1) is 11.5. The van der Waals surface area contributed by atoms with Crippen molar-refractivity contribution in [3.63, 3.8) is 0 Å². The molecule has 0 spiro atoms. The normalized spacial score (nSPS) is 14.3. The van der Waals surface area contributed by atoms with Crippen LogP contribution in [0.3, 0.4) is 0 Å². The average Bonchev–Trinajstić information content (AvgIpc) is 2.55. The number of halogens is 3. The molecule has 0 radical (unpaired) electrons. The molecule has 2 aromatic rings. The molecule has 0 aliphatic heterocycles. The second kappa shape index (κ2) is 6.91. The van der Waals surface area contributed by atoms with Crippen molar-refractivity contribution < 1.29 is 9.18 Å². The van der Waals surface area contributed by atoms with Gasteiger partial charge in [-0.25, -0.2) is 4.39 Å². The van der Waals surface area contributed by atoms with Crippen molar-refractivity contribution in [2.24, 2.45) is 0 Å². The molecule has 0 atom stereocenters. The predicted octanol–water partition coefficient (Wildman–Crippen LogP) is 4.00. The standard InChI is InChI=1S/C17H13BrClFN2O2/c18-10-5-12-15(14(20)6-10)21-8-13(16(12)23)17(24)22-7-9-1-3-11(19)4-2-9/h1,3,5-6,8H,2,4,7H2,(H,21,23)(H,22,24). The van der Waals surface area contributed by atoms with Gasteiger partial charge in [0.15, 0.2) is 0 Å². The number of H-pyrrole nitrogens is 1. The van der Waals surface area contributed by atoms with Gasteiger partial charge in [0.1, 0.15) is 11.4 Å². The topological polar surface area (TPSA) is 62.0 Å². The van der Waals surface area contributed by atoms with E-state index in [-0.39, 0.29) is 16.5 Å². The summed E-state index contributed by atoms with van der Waals surface area (Å²) < 4.78 is 14.3. The largest absolute Gasteiger partial charge is 0.358 e. The van der Waals surface area contributed by atoms with Gasteiger partial charge < -0.3 is 10.3 Å². The van der Waals surface area contributed by atoms with Crippen molar-refractivity contribution in [1.82, 2.24) is 10.3 Å². The number of benzene rings is 1. The molecule has 2 N–H and O–H groups in total. The third-order valence-electron chi connectivity index (χ3n) is 3.81. The van der Waals surface area contributed by atoms with Gasteiger partial charge in [0, 0.05) is 22.2 Å². The number of nitrogens with one attached hydrogen (secondary N) is 2. The van der Waals surface area contributed by atoms with Crippen LogP contribution < -0.4 is 10.7 Å². The minimum Gasteiger partial charge on any atom is -0.358 e. The summed E-state index contributed by atoms with van der Waals surface area (Å²) in [5.74, 6) is -1.06. The van der Waals surface area contributed by atoms with Crippen molar-refractivity contribution in [3.8, 4) is 0 Å². The fraction of sp³-hybridized carbons (Fsp3) is 0.176. The monoisotopic (exact) mass is 410 g/mol. The van der Waals surface area contributed by atoms with Gasteiger partial charge in [0.25, 0.3) is 5.91 Å². The van der Waals surface area contributed by atoms with E-state index in [1.165, 1.54) is 18.3 Å². The van der Waals surface area contributed by atoms with Gasteiger partial charge in [-0.2, -0.15) is 0 Å². The number of allylic oxidation sites excluding steroid dienone is 3. The summed E-state index contributed by atoms with van der Waals surface area (Å²) in [4.78, 5) is 27.4. The lowest BCUT2D eigenvalue weighted by Gasteiger charge is -2.12. The van der Waals surface area contributed by atoms with E-state index in [2.05, 4.69) is 26.2 Å². The van der Waals surface area contributed by atoms with Crippen LogP contribution in [0, 0.1) is 5.82 Å². The van der Waals surface area contributed by atoms with Crippen molar-refractivity contribution in [2.45, 2.75) is 12.8 Å². The molecule has 1 aliphatic rings. The summed E-state index contributed by atoms with van der Waals surface area (Å²) in [5.41, 5.74) is 0.542. The van der Waals surface area contributed by atoms with Crippen molar-refractivity contribution in [3.05, 3.63) is 67.2 Å². The summed E-state index contributed by atoms with van der Waals surface area (Å²) in [5, 5.41) is 3.62. The van der Waals surface area contributed by atoms with Crippen LogP contribution in [0.4, 0.5) is 4.39 Å². The lowest BCUT2D eigenvalue weighted by molar-refractivity contribution is 0.0955. The summed E-state index contributed by atoms with van der Waals surface area (Å²) in [6, 6.07) is 2.75. The van der Waals surface area contributed by atoms with Crippen LogP contribution in [0.5, 0.6) is 0 Å². The van der Waals surface area contributed by atoms with Crippen LogP contribution in [0.25, 0.3) is 10.9 Å². The highest BCUT2D eigenvalue weighted by Gasteiger charge is 2.16. The first kappa shape index (κ1) is 16.9. The van der Waals surface area contributed by atoms with E-state index in [1.807, 2.05) is 6.08 Å². The molecular formula is C17H13BrClFN2O2. The number of carbonyl (C=O) groups is 1. The Bertz CT molecular complexity index is 949. The van der Waals surface area contributed by atoms with Crippen LogP contribution in [0.15, 0.2) is 50.4 Å². The Kier molecular flexibility index (Phi) is 4.87. The number of aromatic nitrogens is 1. The Labute approximate surface area is 150 Å². The Hall–Kier alpha value is -1.92. The molecule has 1 heterocycles. The molecule has 0 saturated heterocycles. The molecule has 4 nitrogen and oxygen atoms in total. The molecule has 7 heteroatoms. The molecule has 0 saturated carbocycles. The lowest BCUT2D eigenvalue weighted by Crippen LogP contribution is -2.30. The van der Waals surface area contributed by atoms with Crippen LogP contribution >= 0.6 is 27.5 Å². The van der Waals surface area contributed by atoms with E-state index in [4.69, 9.17) is 11.6 Å². The molecule has 3 rings (SSSR count). The number of carbonyl (C=O) groups excluding carboxylic acids is 1. The van der Waals surface area contributed by atoms with Crippen molar-refractivity contribution in [1.29, 1.82) is 0 Å². The first-order valence-electron chi connectivity index (χ1n) is 7.28. The maximum absolute atomic E-state index is 13.9. The third kappa shape index (κ3) is 3.44. The van der Waals surface area contributed by atoms with E-state index in [1.54, 1.807) is 6.08 Å². The van der Waals surface area contributed by atoms with Crippen LogP contribution in [-0.2, 0) is 0 Å². The quantitative estimate of drug-likeness (QED) is 0.802. The number of pyridine rings is 1. The Balaban J connectivity index is 1.85. The van der Waals surface area contributed by atoms with Gasteiger partial charge >= 0.3 is 0 Å². The minimum absolute atomic E-state index is 0.0509. The molecular weight excluding hydrogens is 399 g/mol. The smallest absolute Gasteiger partial charge is 0.257 e. The zero-order valence-electron chi connectivity index (χ0n) is 12.5. The Morgan fingerprint density at radius 2 is 2.12 bits per heavy atom. The highest BCUT2D eigenvalue weighted by molar-refractivity contribution is 9.10.